The molecule has 0 atom stereocenters. The van der Waals surface area contributed by atoms with E-state index in [1.165, 1.54) is 0 Å². The minimum atomic E-state index is 0.0124. The molecule has 1 aromatic rings. The molecule has 0 bridgehead atoms. The number of aromatic nitrogens is 2. The van der Waals surface area contributed by atoms with Crippen LogP contribution in [-0.4, -0.2) is 24.1 Å². The van der Waals surface area contributed by atoms with Crippen LogP contribution in [0.15, 0.2) is 6.20 Å². The highest BCUT2D eigenvalue weighted by Crippen LogP contribution is 2.21. The molecule has 0 saturated heterocycles. The maximum absolute atomic E-state index is 4.56. The highest BCUT2D eigenvalue weighted by atomic mass is 15.2. The predicted octanol–water partition coefficient (Wildman–Crippen LogP) is 2.15. The second-order valence-electron chi connectivity index (χ2n) is 4.84. The van der Waals surface area contributed by atoms with E-state index in [1.54, 1.807) is 0 Å². The van der Waals surface area contributed by atoms with E-state index in [2.05, 4.69) is 30.7 Å². The summed E-state index contributed by atoms with van der Waals surface area (Å²) in [5, 5.41) is 0. The van der Waals surface area contributed by atoms with E-state index < -0.39 is 0 Å². The molecule has 14 heavy (non-hydrogen) atoms. The van der Waals surface area contributed by atoms with Crippen molar-refractivity contribution in [3.63, 3.8) is 0 Å². The van der Waals surface area contributed by atoms with Gasteiger partial charge in [-0.3, -0.25) is 0 Å². The predicted molar refractivity (Wildman–Crippen MR) is 59.8 cm³/mol. The van der Waals surface area contributed by atoms with Gasteiger partial charge in [-0.15, -0.1) is 0 Å². The summed E-state index contributed by atoms with van der Waals surface area (Å²) in [5.41, 5.74) is 1.13. The Kier molecular flexibility index (Phi) is 2.79. The van der Waals surface area contributed by atoms with E-state index in [0.29, 0.717) is 0 Å². The number of hydrogen-bond acceptors (Lipinski definition) is 3. The fourth-order valence-corrected chi connectivity index (χ4v) is 1.25. The average molecular weight is 193 g/mol. The summed E-state index contributed by atoms with van der Waals surface area (Å²) in [4.78, 5) is 10.9. The molecule has 3 nitrogen and oxygen atoms in total. The van der Waals surface area contributed by atoms with Crippen molar-refractivity contribution in [2.75, 3.05) is 19.0 Å². The summed E-state index contributed by atoms with van der Waals surface area (Å²) in [5.74, 6) is 1.90. The van der Waals surface area contributed by atoms with Crippen LogP contribution in [0.2, 0.25) is 0 Å². The lowest BCUT2D eigenvalue weighted by Gasteiger charge is -2.20. The minimum Gasteiger partial charge on any atom is -0.362 e. The van der Waals surface area contributed by atoms with Gasteiger partial charge in [-0.25, -0.2) is 9.97 Å². The van der Waals surface area contributed by atoms with Crippen molar-refractivity contribution >= 4 is 5.82 Å². The first kappa shape index (κ1) is 11.0. The normalized spacial score (nSPS) is 11.6. The largest absolute Gasteiger partial charge is 0.362 e. The lowest BCUT2D eigenvalue weighted by atomic mass is 9.95. The van der Waals surface area contributed by atoms with Crippen molar-refractivity contribution in [1.82, 2.24) is 9.97 Å². The van der Waals surface area contributed by atoms with Gasteiger partial charge in [-0.1, -0.05) is 20.8 Å². The number of nitrogens with zero attached hydrogens (tertiary/aromatic N) is 3. The lowest BCUT2D eigenvalue weighted by Crippen LogP contribution is -2.20. The van der Waals surface area contributed by atoms with E-state index in [4.69, 9.17) is 0 Å². The van der Waals surface area contributed by atoms with Crippen LogP contribution in [0.1, 0.15) is 32.2 Å². The van der Waals surface area contributed by atoms with Crippen molar-refractivity contribution < 1.29 is 0 Å². The first-order valence-electron chi connectivity index (χ1n) is 4.84. The van der Waals surface area contributed by atoms with E-state index in [9.17, 15) is 0 Å². The zero-order valence-electron chi connectivity index (χ0n) is 9.92. The van der Waals surface area contributed by atoms with Gasteiger partial charge in [0.2, 0.25) is 0 Å². The van der Waals surface area contributed by atoms with E-state index >= 15 is 0 Å². The van der Waals surface area contributed by atoms with Crippen LogP contribution in [-0.2, 0) is 5.41 Å². The van der Waals surface area contributed by atoms with Crippen LogP contribution in [0.3, 0.4) is 0 Å². The SMILES string of the molecule is Cc1cnc(C(C)(C)C)nc1N(C)C. The first-order chi connectivity index (χ1) is 6.32. The van der Waals surface area contributed by atoms with Gasteiger partial charge in [0.1, 0.15) is 11.6 Å². The monoisotopic (exact) mass is 193 g/mol. The Balaban J connectivity index is 3.20. The number of anilines is 1. The molecular weight excluding hydrogens is 174 g/mol. The summed E-state index contributed by atoms with van der Waals surface area (Å²) in [6.07, 6.45) is 1.89. The Morgan fingerprint density at radius 3 is 2.21 bits per heavy atom. The first-order valence-corrected chi connectivity index (χ1v) is 4.84. The van der Waals surface area contributed by atoms with Crippen LogP contribution in [0.4, 0.5) is 5.82 Å². The highest BCUT2D eigenvalue weighted by Gasteiger charge is 2.18. The zero-order chi connectivity index (χ0) is 10.9. The minimum absolute atomic E-state index is 0.0124. The van der Waals surface area contributed by atoms with E-state index in [-0.39, 0.29) is 5.41 Å². The highest BCUT2D eigenvalue weighted by molar-refractivity contribution is 5.43. The maximum Gasteiger partial charge on any atom is 0.136 e. The smallest absolute Gasteiger partial charge is 0.136 e. The van der Waals surface area contributed by atoms with Gasteiger partial charge >= 0.3 is 0 Å². The Hall–Kier alpha value is -1.12. The van der Waals surface area contributed by atoms with Gasteiger partial charge in [0.25, 0.3) is 0 Å². The molecule has 0 aliphatic carbocycles. The number of hydrogen-bond donors (Lipinski definition) is 0. The third-order valence-electron chi connectivity index (χ3n) is 2.04. The topological polar surface area (TPSA) is 29.0 Å². The molecule has 0 aromatic carbocycles. The van der Waals surface area contributed by atoms with Crippen molar-refractivity contribution in [3.05, 3.63) is 17.6 Å². The summed E-state index contributed by atoms with van der Waals surface area (Å²) < 4.78 is 0. The van der Waals surface area contributed by atoms with Crippen LogP contribution in [0.25, 0.3) is 0 Å². The van der Waals surface area contributed by atoms with Gasteiger partial charge in [0.05, 0.1) is 0 Å². The molecule has 0 aliphatic rings. The summed E-state index contributed by atoms with van der Waals surface area (Å²) in [6.45, 7) is 8.40. The van der Waals surface area contributed by atoms with Gasteiger partial charge in [0.15, 0.2) is 0 Å². The molecule has 78 valence electrons. The van der Waals surface area contributed by atoms with Crippen molar-refractivity contribution in [2.24, 2.45) is 0 Å². The molecule has 3 heteroatoms. The van der Waals surface area contributed by atoms with Crippen molar-refractivity contribution in [1.29, 1.82) is 0 Å². The molecule has 0 unspecified atom stereocenters. The maximum atomic E-state index is 4.56. The summed E-state index contributed by atoms with van der Waals surface area (Å²) in [7, 11) is 4.00. The quantitative estimate of drug-likeness (QED) is 0.684. The second kappa shape index (κ2) is 3.56. The van der Waals surface area contributed by atoms with Gasteiger partial charge in [0, 0.05) is 31.3 Å². The molecule has 0 aliphatic heterocycles. The zero-order valence-corrected chi connectivity index (χ0v) is 9.92. The number of aryl methyl sites for hydroxylation is 1. The van der Waals surface area contributed by atoms with Crippen LogP contribution in [0.5, 0.6) is 0 Å². The Bertz CT molecular complexity index is 324. The van der Waals surface area contributed by atoms with Crippen LogP contribution in [0, 0.1) is 6.92 Å². The van der Waals surface area contributed by atoms with Crippen molar-refractivity contribution in [3.8, 4) is 0 Å². The Labute approximate surface area is 86.2 Å². The van der Waals surface area contributed by atoms with E-state index in [0.717, 1.165) is 17.2 Å². The molecule has 0 saturated carbocycles. The molecular formula is C11H19N3. The Morgan fingerprint density at radius 1 is 1.21 bits per heavy atom. The fraction of sp³-hybridized carbons (Fsp3) is 0.636. The van der Waals surface area contributed by atoms with Crippen molar-refractivity contribution in [2.45, 2.75) is 33.1 Å². The summed E-state index contributed by atoms with van der Waals surface area (Å²) >= 11 is 0. The molecule has 0 fully saturated rings. The molecule has 1 aromatic heterocycles. The molecule has 0 radical (unpaired) electrons. The molecule has 1 heterocycles. The van der Waals surface area contributed by atoms with Gasteiger partial charge in [-0.2, -0.15) is 0 Å². The third-order valence-corrected chi connectivity index (χ3v) is 2.04. The third kappa shape index (κ3) is 2.22. The van der Waals surface area contributed by atoms with Crippen LogP contribution >= 0.6 is 0 Å². The second-order valence-corrected chi connectivity index (χ2v) is 4.84. The van der Waals surface area contributed by atoms with Gasteiger partial charge in [-0.05, 0) is 6.92 Å². The van der Waals surface area contributed by atoms with Gasteiger partial charge < -0.3 is 4.90 Å². The standard InChI is InChI=1S/C11H19N3/c1-8-7-12-10(11(2,3)4)13-9(8)14(5)6/h7H,1-6H3. The molecule has 0 spiro atoms. The molecule has 0 N–H and O–H groups in total. The molecule has 1 rings (SSSR count). The van der Waals surface area contributed by atoms with E-state index in [1.807, 2.05) is 32.1 Å². The average Bonchev–Trinajstić information content (AvgIpc) is 2.02. The fourth-order valence-electron chi connectivity index (χ4n) is 1.25. The number of rotatable bonds is 1. The summed E-state index contributed by atoms with van der Waals surface area (Å²) in [6, 6.07) is 0. The van der Waals surface area contributed by atoms with Crippen LogP contribution < -0.4 is 4.90 Å². The Morgan fingerprint density at radius 2 is 1.79 bits per heavy atom. The lowest BCUT2D eigenvalue weighted by molar-refractivity contribution is 0.544. The molecule has 0 amide bonds.